The molecule has 0 aromatic rings. The fraction of sp³-hybridized carbons (Fsp3) is 0.800. The summed E-state index contributed by atoms with van der Waals surface area (Å²) < 4.78 is 0. The summed E-state index contributed by atoms with van der Waals surface area (Å²) >= 11 is 0. The van der Waals surface area contributed by atoms with Gasteiger partial charge in [-0.05, 0) is 12.0 Å². The van der Waals surface area contributed by atoms with E-state index < -0.39 is 0 Å². The Morgan fingerprint density at radius 1 is 1.54 bits per heavy atom. The van der Waals surface area contributed by atoms with Gasteiger partial charge in [0, 0.05) is 19.6 Å². The van der Waals surface area contributed by atoms with Crippen LogP contribution in [0.2, 0.25) is 0 Å². The van der Waals surface area contributed by atoms with Gasteiger partial charge >= 0.3 is 0 Å². The largest absolute Gasteiger partial charge is 0.395 e. The zero-order valence-electron chi connectivity index (χ0n) is 8.79. The molecular weight excluding hydrogens is 164 g/mol. The normalized spacial score (nSPS) is 12.1. The van der Waals surface area contributed by atoms with Gasteiger partial charge in [0.2, 0.25) is 0 Å². The molecule has 0 fully saturated rings. The van der Waals surface area contributed by atoms with Crippen molar-refractivity contribution < 1.29 is 5.11 Å². The van der Waals surface area contributed by atoms with Crippen molar-refractivity contribution in [3.63, 3.8) is 0 Å². The van der Waals surface area contributed by atoms with Gasteiger partial charge in [-0.15, -0.1) is 6.58 Å². The van der Waals surface area contributed by atoms with Crippen LogP contribution >= 0.6 is 0 Å². The van der Waals surface area contributed by atoms with E-state index in [-0.39, 0.29) is 12.0 Å². The first-order valence-corrected chi connectivity index (χ1v) is 4.70. The minimum absolute atomic E-state index is 0.109. The fourth-order valence-corrected chi connectivity index (χ4v) is 1.23. The first-order valence-electron chi connectivity index (χ1n) is 4.70. The minimum atomic E-state index is 0.109. The second-order valence-corrected chi connectivity index (χ2v) is 4.12. The predicted octanol–water partition coefficient (Wildman–Crippen LogP) is 0.452. The van der Waals surface area contributed by atoms with Crippen LogP contribution in [0.3, 0.4) is 0 Å². The Kier molecular flexibility index (Phi) is 5.95. The van der Waals surface area contributed by atoms with Crippen LogP contribution in [0.5, 0.6) is 0 Å². The Bertz CT molecular complexity index is 146. The number of aliphatic hydroxyl groups excluding tert-OH is 1. The van der Waals surface area contributed by atoms with Crippen LogP contribution in [0.4, 0.5) is 0 Å². The molecule has 0 heterocycles. The minimum Gasteiger partial charge on any atom is -0.395 e. The molecule has 13 heavy (non-hydrogen) atoms. The lowest BCUT2D eigenvalue weighted by molar-refractivity contribution is 0.159. The number of hydrogen-bond donors (Lipinski definition) is 2. The highest BCUT2D eigenvalue weighted by Crippen LogP contribution is 2.14. The van der Waals surface area contributed by atoms with Crippen molar-refractivity contribution in [1.29, 1.82) is 0 Å². The van der Waals surface area contributed by atoms with Crippen molar-refractivity contribution >= 4 is 0 Å². The predicted molar refractivity (Wildman–Crippen MR) is 56.6 cm³/mol. The highest BCUT2D eigenvalue weighted by Gasteiger charge is 2.18. The van der Waals surface area contributed by atoms with Gasteiger partial charge in [0.25, 0.3) is 0 Å². The third kappa shape index (κ3) is 5.80. The molecule has 0 atom stereocenters. The first-order chi connectivity index (χ1) is 6.05. The maximum atomic E-state index is 8.83. The van der Waals surface area contributed by atoms with Gasteiger partial charge in [0.1, 0.15) is 0 Å². The smallest absolute Gasteiger partial charge is 0.0558 e. The van der Waals surface area contributed by atoms with Gasteiger partial charge in [0.15, 0.2) is 0 Å². The Hall–Kier alpha value is -0.380. The summed E-state index contributed by atoms with van der Waals surface area (Å²) in [5, 5.41) is 8.83. The third-order valence-corrected chi connectivity index (χ3v) is 2.01. The summed E-state index contributed by atoms with van der Waals surface area (Å²) in [7, 11) is 0. The summed E-state index contributed by atoms with van der Waals surface area (Å²) in [4.78, 5) is 2.15. The lowest BCUT2D eigenvalue weighted by Crippen LogP contribution is -2.40. The van der Waals surface area contributed by atoms with Crippen LogP contribution in [-0.2, 0) is 0 Å². The zero-order chi connectivity index (χ0) is 10.3. The van der Waals surface area contributed by atoms with Gasteiger partial charge in [-0.3, -0.25) is 4.90 Å². The molecule has 0 aliphatic rings. The van der Waals surface area contributed by atoms with Crippen molar-refractivity contribution in [3.05, 3.63) is 12.7 Å². The number of rotatable bonds is 7. The Morgan fingerprint density at radius 3 is 2.54 bits per heavy atom. The molecule has 3 nitrogen and oxygen atoms in total. The van der Waals surface area contributed by atoms with Crippen molar-refractivity contribution in [2.24, 2.45) is 11.1 Å². The van der Waals surface area contributed by atoms with E-state index in [1.165, 1.54) is 0 Å². The lowest BCUT2D eigenvalue weighted by Gasteiger charge is -2.30. The lowest BCUT2D eigenvalue weighted by atomic mass is 9.93. The Labute approximate surface area is 81.2 Å². The van der Waals surface area contributed by atoms with Crippen molar-refractivity contribution in [1.82, 2.24) is 4.90 Å². The molecule has 0 aliphatic heterocycles. The molecule has 3 N–H and O–H groups in total. The Balaban J connectivity index is 3.99. The van der Waals surface area contributed by atoms with Crippen molar-refractivity contribution in [2.75, 3.05) is 32.8 Å². The molecule has 0 aromatic carbocycles. The molecule has 0 bridgehead atoms. The van der Waals surface area contributed by atoms with Crippen LogP contribution in [0.15, 0.2) is 12.7 Å². The van der Waals surface area contributed by atoms with E-state index in [4.69, 9.17) is 10.8 Å². The van der Waals surface area contributed by atoms with Gasteiger partial charge in [0.05, 0.1) is 6.61 Å². The van der Waals surface area contributed by atoms with E-state index in [1.54, 1.807) is 0 Å². The zero-order valence-corrected chi connectivity index (χ0v) is 8.79. The van der Waals surface area contributed by atoms with Crippen LogP contribution in [-0.4, -0.2) is 42.8 Å². The second-order valence-electron chi connectivity index (χ2n) is 4.12. The van der Waals surface area contributed by atoms with E-state index in [1.807, 2.05) is 6.08 Å². The summed E-state index contributed by atoms with van der Waals surface area (Å²) in [5.74, 6) is 0. The molecule has 0 saturated carbocycles. The van der Waals surface area contributed by atoms with Gasteiger partial charge in [-0.2, -0.15) is 0 Å². The average Bonchev–Trinajstić information content (AvgIpc) is 2.05. The fourth-order valence-electron chi connectivity index (χ4n) is 1.23. The number of hydrogen-bond acceptors (Lipinski definition) is 3. The molecule has 0 radical (unpaired) electrons. The number of nitrogens with zero attached hydrogens (tertiary/aromatic N) is 1. The van der Waals surface area contributed by atoms with Gasteiger partial charge in [-0.25, -0.2) is 0 Å². The van der Waals surface area contributed by atoms with Crippen LogP contribution in [0, 0.1) is 5.41 Å². The van der Waals surface area contributed by atoms with Crippen LogP contribution < -0.4 is 5.73 Å². The summed E-state index contributed by atoms with van der Waals surface area (Å²) in [6, 6.07) is 0. The first kappa shape index (κ1) is 12.6. The second kappa shape index (κ2) is 6.13. The average molecular weight is 186 g/mol. The van der Waals surface area contributed by atoms with Crippen molar-refractivity contribution in [2.45, 2.75) is 13.8 Å². The molecule has 0 aliphatic carbocycles. The third-order valence-electron chi connectivity index (χ3n) is 2.01. The topological polar surface area (TPSA) is 49.5 Å². The van der Waals surface area contributed by atoms with E-state index in [0.29, 0.717) is 13.1 Å². The van der Waals surface area contributed by atoms with Gasteiger partial charge in [-0.1, -0.05) is 19.9 Å². The standard InChI is InChI=1S/C10H22N2O/c1-4-5-12(6-7-13)9-10(2,3)8-11/h4,13H,1,5-9,11H2,2-3H3. The van der Waals surface area contributed by atoms with E-state index in [9.17, 15) is 0 Å². The molecule has 3 heteroatoms. The summed E-state index contributed by atoms with van der Waals surface area (Å²) in [5.41, 5.74) is 5.74. The number of aliphatic hydroxyl groups is 1. The van der Waals surface area contributed by atoms with Crippen molar-refractivity contribution in [3.8, 4) is 0 Å². The molecule has 0 spiro atoms. The molecule has 0 saturated heterocycles. The SMILES string of the molecule is C=CCN(CCO)CC(C)(C)CN. The maximum Gasteiger partial charge on any atom is 0.0558 e. The molecule has 78 valence electrons. The van der Waals surface area contributed by atoms with Gasteiger partial charge < -0.3 is 10.8 Å². The van der Waals surface area contributed by atoms with Crippen LogP contribution in [0.1, 0.15) is 13.8 Å². The Morgan fingerprint density at radius 2 is 2.15 bits per heavy atom. The molecule has 0 rings (SSSR count). The summed E-state index contributed by atoms with van der Waals surface area (Å²) in [6.07, 6.45) is 1.85. The highest BCUT2D eigenvalue weighted by atomic mass is 16.3. The molecular formula is C10H22N2O. The van der Waals surface area contributed by atoms with Crippen LogP contribution in [0.25, 0.3) is 0 Å². The maximum absolute atomic E-state index is 8.83. The van der Waals surface area contributed by atoms with E-state index in [0.717, 1.165) is 13.1 Å². The molecule has 0 amide bonds. The quantitative estimate of drug-likeness (QED) is 0.568. The number of nitrogens with two attached hydrogens (primary N) is 1. The van der Waals surface area contributed by atoms with E-state index >= 15 is 0 Å². The molecule has 0 aromatic heterocycles. The summed E-state index contributed by atoms with van der Waals surface area (Å²) in [6.45, 7) is 11.2. The monoisotopic (exact) mass is 186 g/mol. The highest BCUT2D eigenvalue weighted by molar-refractivity contribution is 4.79. The van der Waals surface area contributed by atoms with E-state index in [2.05, 4.69) is 25.3 Å². The molecule has 0 unspecified atom stereocenters.